The molecule has 0 atom stereocenters. The number of furan rings is 1. The number of fused-ring (bicyclic) bond motifs is 1. The van der Waals surface area contributed by atoms with E-state index in [0.29, 0.717) is 17.6 Å². The molecule has 1 aromatic carbocycles. The summed E-state index contributed by atoms with van der Waals surface area (Å²) in [4.78, 5) is 10.4. The molecule has 0 radical (unpaired) electrons. The molecule has 0 aliphatic rings. The van der Waals surface area contributed by atoms with Crippen LogP contribution >= 0.6 is 0 Å². The third kappa shape index (κ3) is 1.93. The van der Waals surface area contributed by atoms with Crippen LogP contribution in [0, 0.1) is 0 Å². The number of benzene rings is 1. The van der Waals surface area contributed by atoms with Gasteiger partial charge in [-0.25, -0.2) is 0 Å². The maximum Gasteiger partial charge on any atom is 0.303 e. The van der Waals surface area contributed by atoms with Crippen molar-refractivity contribution in [2.45, 2.75) is 12.8 Å². The lowest BCUT2D eigenvalue weighted by atomic mass is 10.1. The number of carboxylic acid groups (broad SMARTS) is 1. The van der Waals surface area contributed by atoms with Crippen LogP contribution in [0.2, 0.25) is 0 Å². The summed E-state index contributed by atoms with van der Waals surface area (Å²) in [6.45, 7) is 0. The number of rotatable bonds is 3. The molecule has 4 nitrogen and oxygen atoms in total. The number of phenolic OH excluding ortho intramolecular Hbond substituents is 1. The first-order valence-corrected chi connectivity index (χ1v) is 4.57. The molecule has 2 aromatic rings. The van der Waals surface area contributed by atoms with Gasteiger partial charge in [0.1, 0.15) is 11.3 Å². The quantitative estimate of drug-likeness (QED) is 0.807. The van der Waals surface area contributed by atoms with Crippen LogP contribution in [-0.4, -0.2) is 16.2 Å². The summed E-state index contributed by atoms with van der Waals surface area (Å²) < 4.78 is 5.16. The molecule has 0 spiro atoms. The van der Waals surface area contributed by atoms with Gasteiger partial charge in [0.2, 0.25) is 0 Å². The highest BCUT2D eigenvalue weighted by molar-refractivity contribution is 5.80. The second kappa shape index (κ2) is 3.65. The Bertz CT molecular complexity index is 498. The molecule has 0 aliphatic carbocycles. The predicted octanol–water partition coefficient (Wildman–Crippen LogP) is 2.16. The molecule has 0 amide bonds. The fourth-order valence-electron chi connectivity index (χ4n) is 1.48. The predicted molar refractivity (Wildman–Crippen MR) is 53.8 cm³/mol. The van der Waals surface area contributed by atoms with E-state index in [1.165, 1.54) is 6.26 Å². The van der Waals surface area contributed by atoms with Gasteiger partial charge in [-0.3, -0.25) is 4.79 Å². The molecule has 1 heterocycles. The molecular formula is C11H10O4. The first-order valence-electron chi connectivity index (χ1n) is 4.57. The van der Waals surface area contributed by atoms with Crippen LogP contribution in [0.5, 0.6) is 5.75 Å². The van der Waals surface area contributed by atoms with E-state index >= 15 is 0 Å². The van der Waals surface area contributed by atoms with Crippen molar-refractivity contribution in [2.24, 2.45) is 0 Å². The van der Waals surface area contributed by atoms with Crippen LogP contribution < -0.4 is 0 Å². The number of carbonyl (C=O) groups is 1. The monoisotopic (exact) mass is 206 g/mol. The second-order valence-corrected chi connectivity index (χ2v) is 3.33. The highest BCUT2D eigenvalue weighted by Gasteiger charge is 2.07. The average Bonchev–Trinajstić information content (AvgIpc) is 2.60. The van der Waals surface area contributed by atoms with Gasteiger partial charge in [0.15, 0.2) is 0 Å². The number of aliphatic carboxylic acids is 1. The van der Waals surface area contributed by atoms with Gasteiger partial charge in [0, 0.05) is 11.8 Å². The molecule has 15 heavy (non-hydrogen) atoms. The lowest BCUT2D eigenvalue weighted by Gasteiger charge is -2.02. The Kier molecular flexibility index (Phi) is 2.33. The first-order chi connectivity index (χ1) is 7.16. The van der Waals surface area contributed by atoms with E-state index in [2.05, 4.69) is 0 Å². The van der Waals surface area contributed by atoms with E-state index in [9.17, 15) is 9.90 Å². The number of aromatic hydroxyl groups is 1. The molecule has 78 valence electrons. The fraction of sp³-hybridized carbons (Fsp3) is 0.182. The highest BCUT2D eigenvalue weighted by Crippen LogP contribution is 2.26. The van der Waals surface area contributed by atoms with Gasteiger partial charge in [-0.15, -0.1) is 0 Å². The lowest BCUT2D eigenvalue weighted by molar-refractivity contribution is -0.136. The van der Waals surface area contributed by atoms with Crippen LogP contribution in [0.15, 0.2) is 28.9 Å². The average molecular weight is 206 g/mol. The van der Waals surface area contributed by atoms with Crippen LogP contribution in [0.1, 0.15) is 12.0 Å². The smallest absolute Gasteiger partial charge is 0.303 e. The Hall–Kier alpha value is -1.97. The zero-order valence-electron chi connectivity index (χ0n) is 7.93. The molecule has 0 saturated heterocycles. The molecule has 0 aliphatic heterocycles. The van der Waals surface area contributed by atoms with Crippen molar-refractivity contribution in [2.75, 3.05) is 0 Å². The number of carboxylic acids is 1. The van der Waals surface area contributed by atoms with Crippen molar-refractivity contribution >= 4 is 16.9 Å². The summed E-state index contributed by atoms with van der Waals surface area (Å²) in [7, 11) is 0. The Morgan fingerprint density at radius 2 is 2.20 bits per heavy atom. The van der Waals surface area contributed by atoms with Gasteiger partial charge < -0.3 is 14.6 Å². The Morgan fingerprint density at radius 3 is 2.93 bits per heavy atom. The third-order valence-corrected chi connectivity index (χ3v) is 2.26. The standard InChI is InChI=1S/C11H10O4/c12-9-5-8-3-4-15-10(8)6-7(9)1-2-11(13)14/h3-6,12H,1-2H2,(H,13,14). The first kappa shape index (κ1) is 9.58. The fourth-order valence-corrected chi connectivity index (χ4v) is 1.48. The number of aryl methyl sites for hydroxylation is 1. The summed E-state index contributed by atoms with van der Waals surface area (Å²) in [6.07, 6.45) is 1.84. The molecule has 2 N–H and O–H groups in total. The minimum absolute atomic E-state index is 0.000223. The Labute approximate surface area is 85.8 Å². The normalized spacial score (nSPS) is 10.7. The van der Waals surface area contributed by atoms with Crippen molar-refractivity contribution in [3.8, 4) is 5.75 Å². The van der Waals surface area contributed by atoms with Gasteiger partial charge >= 0.3 is 5.97 Å². The minimum atomic E-state index is -0.881. The Balaban J connectivity index is 2.33. The molecule has 0 unspecified atom stereocenters. The van der Waals surface area contributed by atoms with Gasteiger partial charge in [-0.2, -0.15) is 0 Å². The third-order valence-electron chi connectivity index (χ3n) is 2.26. The van der Waals surface area contributed by atoms with E-state index in [4.69, 9.17) is 9.52 Å². The zero-order chi connectivity index (χ0) is 10.8. The molecule has 2 rings (SSSR count). The number of hydrogen-bond donors (Lipinski definition) is 2. The maximum absolute atomic E-state index is 10.4. The van der Waals surface area contributed by atoms with E-state index < -0.39 is 5.97 Å². The van der Waals surface area contributed by atoms with Crippen LogP contribution in [-0.2, 0) is 11.2 Å². The summed E-state index contributed by atoms with van der Waals surface area (Å²) in [5.74, 6) is -0.765. The molecule has 1 aromatic heterocycles. The highest BCUT2D eigenvalue weighted by atomic mass is 16.4. The van der Waals surface area contributed by atoms with Crippen LogP contribution in [0.3, 0.4) is 0 Å². The summed E-state index contributed by atoms with van der Waals surface area (Å²) in [5, 5.41) is 19.0. The molecule has 0 fully saturated rings. The second-order valence-electron chi connectivity index (χ2n) is 3.33. The molecule has 0 saturated carbocycles. The van der Waals surface area contributed by atoms with E-state index in [-0.39, 0.29) is 12.2 Å². The summed E-state index contributed by atoms with van der Waals surface area (Å²) >= 11 is 0. The maximum atomic E-state index is 10.4. The van der Waals surface area contributed by atoms with Gasteiger partial charge in [-0.05, 0) is 30.2 Å². The molecule has 0 bridgehead atoms. The van der Waals surface area contributed by atoms with Gasteiger partial charge in [-0.1, -0.05) is 0 Å². The largest absolute Gasteiger partial charge is 0.508 e. The van der Waals surface area contributed by atoms with Crippen molar-refractivity contribution in [3.05, 3.63) is 30.0 Å². The zero-order valence-corrected chi connectivity index (χ0v) is 7.93. The molecule has 4 heteroatoms. The van der Waals surface area contributed by atoms with Crippen molar-refractivity contribution in [1.29, 1.82) is 0 Å². The van der Waals surface area contributed by atoms with E-state index in [1.807, 2.05) is 0 Å². The lowest BCUT2D eigenvalue weighted by Crippen LogP contribution is -1.97. The van der Waals surface area contributed by atoms with E-state index in [0.717, 1.165) is 5.39 Å². The van der Waals surface area contributed by atoms with Crippen molar-refractivity contribution in [1.82, 2.24) is 0 Å². The van der Waals surface area contributed by atoms with Crippen molar-refractivity contribution < 1.29 is 19.4 Å². The van der Waals surface area contributed by atoms with E-state index in [1.54, 1.807) is 18.2 Å². The van der Waals surface area contributed by atoms with Crippen molar-refractivity contribution in [3.63, 3.8) is 0 Å². The number of phenols is 1. The van der Waals surface area contributed by atoms with Gasteiger partial charge in [0.05, 0.1) is 6.26 Å². The van der Waals surface area contributed by atoms with Gasteiger partial charge in [0.25, 0.3) is 0 Å². The summed E-state index contributed by atoms with van der Waals surface area (Å²) in [5.41, 5.74) is 1.26. The molecular weight excluding hydrogens is 196 g/mol. The Morgan fingerprint density at radius 1 is 1.40 bits per heavy atom. The topological polar surface area (TPSA) is 70.7 Å². The van der Waals surface area contributed by atoms with Crippen LogP contribution in [0.25, 0.3) is 11.0 Å². The van der Waals surface area contributed by atoms with Crippen LogP contribution in [0.4, 0.5) is 0 Å². The SMILES string of the molecule is O=C(O)CCc1cc2occc2cc1O. The number of hydrogen-bond acceptors (Lipinski definition) is 3. The minimum Gasteiger partial charge on any atom is -0.508 e. The summed E-state index contributed by atoms with van der Waals surface area (Å²) in [6, 6.07) is 5.00.